The van der Waals surface area contributed by atoms with Crippen molar-refractivity contribution in [3.05, 3.63) is 17.7 Å². The molecule has 1 aromatic rings. The van der Waals surface area contributed by atoms with E-state index in [2.05, 4.69) is 23.0 Å². The van der Waals surface area contributed by atoms with Gasteiger partial charge in [0.15, 0.2) is 0 Å². The van der Waals surface area contributed by atoms with Gasteiger partial charge in [-0.05, 0) is 52.1 Å². The SMILES string of the molecule is CC1CCCc2cnc(C3CCNCC3)n21. The average Bonchev–Trinajstić information content (AvgIpc) is 2.75. The lowest BCUT2D eigenvalue weighted by Gasteiger charge is -2.29. The maximum absolute atomic E-state index is 4.71. The summed E-state index contributed by atoms with van der Waals surface area (Å²) in [6.45, 7) is 4.65. The number of hydrogen-bond acceptors (Lipinski definition) is 2. The Bertz CT molecular complexity index is 363. The molecule has 0 spiro atoms. The van der Waals surface area contributed by atoms with Gasteiger partial charge in [0, 0.05) is 23.9 Å². The second-order valence-corrected chi connectivity index (χ2v) is 5.24. The van der Waals surface area contributed by atoms with Crippen molar-refractivity contribution in [3.63, 3.8) is 0 Å². The van der Waals surface area contributed by atoms with Crippen LogP contribution in [-0.2, 0) is 6.42 Å². The zero-order chi connectivity index (χ0) is 11.0. The number of aryl methyl sites for hydroxylation is 1. The van der Waals surface area contributed by atoms with Crippen LogP contribution in [0.1, 0.15) is 56.1 Å². The van der Waals surface area contributed by atoms with Gasteiger partial charge in [-0.3, -0.25) is 0 Å². The number of fused-ring (bicyclic) bond motifs is 1. The highest BCUT2D eigenvalue weighted by molar-refractivity contribution is 5.14. The molecule has 1 atom stereocenters. The van der Waals surface area contributed by atoms with Gasteiger partial charge in [0.2, 0.25) is 0 Å². The number of nitrogens with zero attached hydrogens (tertiary/aromatic N) is 2. The molecule has 1 fully saturated rings. The third-order valence-electron chi connectivity index (χ3n) is 4.10. The number of imidazole rings is 1. The van der Waals surface area contributed by atoms with E-state index >= 15 is 0 Å². The standard InChI is InChI=1S/C13H21N3/c1-10-3-2-4-12-9-15-13(16(10)12)11-5-7-14-8-6-11/h9-11,14H,2-8H2,1H3. The lowest BCUT2D eigenvalue weighted by molar-refractivity contribution is 0.377. The minimum atomic E-state index is 0.663. The van der Waals surface area contributed by atoms with Crippen LogP contribution < -0.4 is 5.32 Å². The van der Waals surface area contributed by atoms with E-state index in [0.29, 0.717) is 12.0 Å². The Labute approximate surface area is 97.3 Å². The first-order chi connectivity index (χ1) is 7.86. The van der Waals surface area contributed by atoms with Crippen LogP contribution in [0.4, 0.5) is 0 Å². The highest BCUT2D eigenvalue weighted by Crippen LogP contribution is 2.32. The summed E-state index contributed by atoms with van der Waals surface area (Å²) >= 11 is 0. The summed E-state index contributed by atoms with van der Waals surface area (Å²) in [5.41, 5.74) is 1.47. The summed E-state index contributed by atoms with van der Waals surface area (Å²) in [5, 5.41) is 3.43. The van der Waals surface area contributed by atoms with E-state index in [1.54, 1.807) is 0 Å². The van der Waals surface area contributed by atoms with Gasteiger partial charge in [0.25, 0.3) is 0 Å². The summed E-state index contributed by atoms with van der Waals surface area (Å²) in [5.74, 6) is 2.05. The molecule has 3 heteroatoms. The molecule has 0 aliphatic carbocycles. The summed E-state index contributed by atoms with van der Waals surface area (Å²) in [4.78, 5) is 4.71. The number of piperidine rings is 1. The van der Waals surface area contributed by atoms with E-state index in [1.807, 2.05) is 0 Å². The zero-order valence-corrected chi connectivity index (χ0v) is 10.1. The van der Waals surface area contributed by atoms with Gasteiger partial charge >= 0.3 is 0 Å². The predicted molar refractivity (Wildman–Crippen MR) is 64.7 cm³/mol. The monoisotopic (exact) mass is 219 g/mol. The van der Waals surface area contributed by atoms with Gasteiger partial charge in [-0.2, -0.15) is 0 Å². The molecule has 0 amide bonds. The Hall–Kier alpha value is -0.830. The van der Waals surface area contributed by atoms with Crippen molar-refractivity contribution in [2.45, 2.75) is 51.0 Å². The number of aromatic nitrogens is 2. The van der Waals surface area contributed by atoms with Gasteiger partial charge in [-0.25, -0.2) is 4.98 Å². The molecule has 88 valence electrons. The lowest BCUT2D eigenvalue weighted by atomic mass is 9.96. The molecule has 3 rings (SSSR count). The molecule has 1 saturated heterocycles. The number of rotatable bonds is 1. The number of hydrogen-bond donors (Lipinski definition) is 1. The minimum Gasteiger partial charge on any atom is -0.329 e. The third kappa shape index (κ3) is 1.67. The van der Waals surface area contributed by atoms with Gasteiger partial charge in [-0.1, -0.05) is 0 Å². The second-order valence-electron chi connectivity index (χ2n) is 5.24. The fraction of sp³-hybridized carbons (Fsp3) is 0.769. The van der Waals surface area contributed by atoms with Crippen molar-refractivity contribution in [2.75, 3.05) is 13.1 Å². The largest absolute Gasteiger partial charge is 0.329 e. The Kier molecular flexibility index (Phi) is 2.72. The third-order valence-corrected chi connectivity index (χ3v) is 4.10. The van der Waals surface area contributed by atoms with Crippen molar-refractivity contribution < 1.29 is 0 Å². The van der Waals surface area contributed by atoms with Crippen molar-refractivity contribution in [1.29, 1.82) is 0 Å². The highest BCUT2D eigenvalue weighted by atomic mass is 15.1. The van der Waals surface area contributed by atoms with E-state index in [-0.39, 0.29) is 0 Å². The predicted octanol–water partition coefficient (Wildman–Crippen LogP) is 2.25. The van der Waals surface area contributed by atoms with E-state index < -0.39 is 0 Å². The maximum atomic E-state index is 4.71. The maximum Gasteiger partial charge on any atom is 0.112 e. The molecule has 0 saturated carbocycles. The summed E-state index contributed by atoms with van der Waals surface area (Å²) in [6.07, 6.45) is 8.50. The van der Waals surface area contributed by atoms with Crippen molar-refractivity contribution in [2.24, 2.45) is 0 Å². The Balaban J connectivity index is 1.91. The molecule has 1 aromatic heterocycles. The van der Waals surface area contributed by atoms with Crippen LogP contribution >= 0.6 is 0 Å². The van der Waals surface area contributed by atoms with Crippen molar-refractivity contribution in [3.8, 4) is 0 Å². The lowest BCUT2D eigenvalue weighted by Crippen LogP contribution is -2.29. The zero-order valence-electron chi connectivity index (χ0n) is 10.1. The number of nitrogens with one attached hydrogen (secondary N) is 1. The highest BCUT2D eigenvalue weighted by Gasteiger charge is 2.25. The molecular weight excluding hydrogens is 198 g/mol. The Morgan fingerprint density at radius 2 is 2.12 bits per heavy atom. The second kappa shape index (κ2) is 4.21. The van der Waals surface area contributed by atoms with Crippen molar-refractivity contribution >= 4 is 0 Å². The first kappa shape index (κ1) is 10.3. The molecule has 1 unspecified atom stereocenters. The molecule has 0 aromatic carbocycles. The van der Waals surface area contributed by atoms with Crippen LogP contribution in [0.25, 0.3) is 0 Å². The van der Waals surface area contributed by atoms with E-state index in [0.717, 1.165) is 13.1 Å². The fourth-order valence-corrected chi connectivity index (χ4v) is 3.20. The Morgan fingerprint density at radius 1 is 1.31 bits per heavy atom. The first-order valence-electron chi connectivity index (χ1n) is 6.63. The van der Waals surface area contributed by atoms with Crippen molar-refractivity contribution in [1.82, 2.24) is 14.9 Å². The average molecular weight is 219 g/mol. The molecule has 2 aliphatic rings. The Morgan fingerprint density at radius 3 is 2.94 bits per heavy atom. The molecule has 0 radical (unpaired) electrons. The van der Waals surface area contributed by atoms with Gasteiger partial charge in [-0.15, -0.1) is 0 Å². The molecule has 16 heavy (non-hydrogen) atoms. The summed E-state index contributed by atoms with van der Waals surface area (Å²) in [7, 11) is 0. The normalized spacial score (nSPS) is 26.7. The molecule has 3 heterocycles. The van der Waals surface area contributed by atoms with Crippen LogP contribution in [0.3, 0.4) is 0 Å². The smallest absolute Gasteiger partial charge is 0.112 e. The molecule has 3 nitrogen and oxygen atoms in total. The van der Waals surface area contributed by atoms with E-state index in [4.69, 9.17) is 4.98 Å². The van der Waals surface area contributed by atoms with E-state index in [9.17, 15) is 0 Å². The van der Waals surface area contributed by atoms with Crippen LogP contribution in [0.2, 0.25) is 0 Å². The quantitative estimate of drug-likeness (QED) is 0.785. The van der Waals surface area contributed by atoms with Gasteiger partial charge in [0.1, 0.15) is 5.82 Å². The first-order valence-corrected chi connectivity index (χ1v) is 6.63. The molecule has 0 bridgehead atoms. The molecular formula is C13H21N3. The molecule has 2 aliphatic heterocycles. The van der Waals surface area contributed by atoms with Crippen LogP contribution in [0.5, 0.6) is 0 Å². The summed E-state index contributed by atoms with van der Waals surface area (Å²) < 4.78 is 2.53. The van der Waals surface area contributed by atoms with Gasteiger partial charge < -0.3 is 9.88 Å². The molecule has 1 N–H and O–H groups in total. The topological polar surface area (TPSA) is 29.9 Å². The van der Waals surface area contributed by atoms with Gasteiger partial charge in [0.05, 0.1) is 0 Å². The minimum absolute atomic E-state index is 0.663. The van der Waals surface area contributed by atoms with Crippen LogP contribution in [0, 0.1) is 0 Å². The van der Waals surface area contributed by atoms with E-state index in [1.165, 1.54) is 43.6 Å². The summed E-state index contributed by atoms with van der Waals surface area (Å²) in [6, 6.07) is 0.663. The van der Waals surface area contributed by atoms with Crippen LogP contribution in [-0.4, -0.2) is 22.6 Å². The fourth-order valence-electron chi connectivity index (χ4n) is 3.20. The van der Waals surface area contributed by atoms with Crippen LogP contribution in [0.15, 0.2) is 6.20 Å².